The van der Waals surface area contributed by atoms with Crippen LogP contribution in [0.25, 0.3) is 11.0 Å². The third-order valence-electron chi connectivity index (χ3n) is 6.11. The van der Waals surface area contributed by atoms with Gasteiger partial charge in [0.2, 0.25) is 0 Å². The van der Waals surface area contributed by atoms with Crippen LogP contribution in [-0.2, 0) is 21.1 Å². The normalized spacial score (nSPS) is 19.2. The molecule has 3 aromatic rings. The summed E-state index contributed by atoms with van der Waals surface area (Å²) in [6.45, 7) is 0.649. The van der Waals surface area contributed by atoms with E-state index in [1.807, 2.05) is 6.07 Å². The predicted molar refractivity (Wildman–Crippen MR) is 112 cm³/mol. The van der Waals surface area contributed by atoms with Crippen molar-refractivity contribution >= 4 is 16.9 Å². The Morgan fingerprint density at radius 1 is 1.10 bits per heavy atom. The van der Waals surface area contributed by atoms with Crippen molar-refractivity contribution in [2.24, 2.45) is 27.1 Å². The molecule has 0 radical (unpaired) electrons. The topological polar surface area (TPSA) is 104 Å². The lowest BCUT2D eigenvalue weighted by atomic mass is 9.80. The Morgan fingerprint density at radius 3 is 2.50 bits per heavy atom. The Labute approximate surface area is 173 Å². The van der Waals surface area contributed by atoms with E-state index >= 15 is 0 Å². The highest BCUT2D eigenvalue weighted by atomic mass is 16.2. The van der Waals surface area contributed by atoms with Gasteiger partial charge in [-0.25, -0.2) is 9.78 Å². The first-order chi connectivity index (χ1) is 14.3. The molecular weight excluding hydrogens is 384 g/mol. The van der Waals surface area contributed by atoms with Gasteiger partial charge in [0.1, 0.15) is 5.65 Å². The lowest BCUT2D eigenvalue weighted by molar-refractivity contribution is 0.0942. The number of carbonyl (C=O) groups excluding carboxylic acids is 1. The number of hydrogen-bond donors (Lipinski definition) is 1. The fraction of sp³-hybridized carbons (Fsp3) is 0.476. The number of fused-ring (bicyclic) bond motifs is 1. The van der Waals surface area contributed by atoms with Crippen molar-refractivity contribution in [1.29, 1.82) is 0 Å². The van der Waals surface area contributed by atoms with Crippen LogP contribution >= 0.6 is 0 Å². The molecule has 0 spiro atoms. The molecular formula is C21H26N6O3. The van der Waals surface area contributed by atoms with E-state index in [1.54, 1.807) is 37.2 Å². The second-order valence-corrected chi connectivity index (χ2v) is 8.14. The van der Waals surface area contributed by atoms with Gasteiger partial charge in [0, 0.05) is 45.5 Å². The van der Waals surface area contributed by atoms with Crippen molar-refractivity contribution in [2.75, 3.05) is 6.54 Å². The Morgan fingerprint density at radius 2 is 1.83 bits per heavy atom. The molecule has 158 valence electrons. The molecule has 1 amide bonds. The van der Waals surface area contributed by atoms with E-state index < -0.39 is 0 Å². The highest BCUT2D eigenvalue weighted by Gasteiger charge is 2.24. The second kappa shape index (κ2) is 7.89. The molecule has 0 bridgehead atoms. The first-order valence-corrected chi connectivity index (χ1v) is 10.2. The minimum atomic E-state index is -0.370. The van der Waals surface area contributed by atoms with Gasteiger partial charge in [-0.3, -0.25) is 23.4 Å². The first kappa shape index (κ1) is 20.1. The molecule has 0 unspecified atom stereocenters. The molecule has 1 aliphatic rings. The van der Waals surface area contributed by atoms with Crippen LogP contribution in [0.4, 0.5) is 0 Å². The lowest BCUT2D eigenvalue weighted by Crippen LogP contribution is -2.37. The second-order valence-electron chi connectivity index (χ2n) is 8.14. The average molecular weight is 410 g/mol. The maximum atomic E-state index is 12.3. The summed E-state index contributed by atoms with van der Waals surface area (Å²) in [5.41, 5.74) is 1.24. The maximum Gasteiger partial charge on any atom is 0.332 e. The van der Waals surface area contributed by atoms with Gasteiger partial charge in [-0.2, -0.15) is 5.10 Å². The van der Waals surface area contributed by atoms with Crippen molar-refractivity contribution in [3.8, 4) is 0 Å². The minimum Gasteiger partial charge on any atom is -0.352 e. The Bertz CT molecular complexity index is 1210. The maximum absolute atomic E-state index is 12.3. The summed E-state index contributed by atoms with van der Waals surface area (Å²) in [4.78, 5) is 41.4. The summed E-state index contributed by atoms with van der Waals surface area (Å²) in [5.74, 6) is 0.627. The summed E-state index contributed by atoms with van der Waals surface area (Å²) in [7, 11) is 4.91. The van der Waals surface area contributed by atoms with Crippen molar-refractivity contribution < 1.29 is 4.79 Å². The monoisotopic (exact) mass is 410 g/mol. The molecule has 1 saturated carbocycles. The highest BCUT2D eigenvalue weighted by Crippen LogP contribution is 2.35. The smallest absolute Gasteiger partial charge is 0.332 e. The van der Waals surface area contributed by atoms with Crippen LogP contribution in [0.5, 0.6) is 0 Å². The van der Waals surface area contributed by atoms with Gasteiger partial charge in [0.15, 0.2) is 0 Å². The fourth-order valence-corrected chi connectivity index (χ4v) is 4.24. The number of pyridine rings is 1. The van der Waals surface area contributed by atoms with E-state index in [9.17, 15) is 14.4 Å². The molecule has 1 N–H and O–H groups in total. The SMILES string of the molecule is Cn1cc(C(=O)NCC2CCC(c3ccc4c(=O)n(C)c(=O)n(C)c4n3)CC2)cn1. The summed E-state index contributed by atoms with van der Waals surface area (Å²) in [5, 5.41) is 7.48. The van der Waals surface area contributed by atoms with E-state index in [2.05, 4.69) is 15.4 Å². The van der Waals surface area contributed by atoms with Gasteiger partial charge in [-0.05, 0) is 43.7 Å². The molecule has 4 rings (SSSR count). The molecule has 9 heteroatoms. The van der Waals surface area contributed by atoms with Crippen LogP contribution < -0.4 is 16.6 Å². The van der Waals surface area contributed by atoms with Crippen molar-refractivity contribution in [3.63, 3.8) is 0 Å². The number of aryl methyl sites for hydroxylation is 2. The van der Waals surface area contributed by atoms with Gasteiger partial charge < -0.3 is 5.32 Å². The number of rotatable bonds is 4. The van der Waals surface area contributed by atoms with Crippen molar-refractivity contribution in [3.05, 3.63) is 56.6 Å². The molecule has 0 saturated heterocycles. The Hall–Kier alpha value is -3.23. The summed E-state index contributed by atoms with van der Waals surface area (Å²) < 4.78 is 4.15. The van der Waals surface area contributed by atoms with Gasteiger partial charge in [0.25, 0.3) is 11.5 Å². The molecule has 0 atom stereocenters. The summed E-state index contributed by atoms with van der Waals surface area (Å²) in [6, 6.07) is 3.68. The predicted octanol–water partition coefficient (Wildman–Crippen LogP) is 1.07. The number of nitrogens with zero attached hydrogens (tertiary/aromatic N) is 5. The van der Waals surface area contributed by atoms with Crippen LogP contribution in [0.3, 0.4) is 0 Å². The lowest BCUT2D eigenvalue weighted by Gasteiger charge is -2.28. The van der Waals surface area contributed by atoms with Gasteiger partial charge in [-0.15, -0.1) is 0 Å². The minimum absolute atomic E-state index is 0.0936. The molecule has 30 heavy (non-hydrogen) atoms. The van der Waals surface area contributed by atoms with Gasteiger partial charge in [-0.1, -0.05) is 0 Å². The third kappa shape index (κ3) is 3.67. The molecule has 3 aromatic heterocycles. The zero-order valence-corrected chi connectivity index (χ0v) is 17.5. The standard InChI is InChI=1S/C21H26N6O3/c1-25-12-15(11-23-25)19(28)22-10-13-4-6-14(7-5-13)17-9-8-16-18(24-17)26(2)21(30)27(3)20(16)29/h8-9,11-14H,4-7,10H2,1-3H3,(H,22,28). The van der Waals surface area contributed by atoms with E-state index in [4.69, 9.17) is 0 Å². The third-order valence-corrected chi connectivity index (χ3v) is 6.11. The molecule has 1 aliphatic carbocycles. The van der Waals surface area contributed by atoms with E-state index in [0.29, 0.717) is 35.0 Å². The molecule has 9 nitrogen and oxygen atoms in total. The van der Waals surface area contributed by atoms with Crippen LogP contribution in [0.15, 0.2) is 34.1 Å². The van der Waals surface area contributed by atoms with Crippen LogP contribution in [-0.4, -0.2) is 36.4 Å². The highest BCUT2D eigenvalue weighted by molar-refractivity contribution is 5.93. The van der Waals surface area contributed by atoms with Crippen LogP contribution in [0.1, 0.15) is 47.7 Å². The first-order valence-electron chi connectivity index (χ1n) is 10.2. The molecule has 1 fully saturated rings. The zero-order chi connectivity index (χ0) is 21.4. The summed E-state index contributed by atoms with van der Waals surface area (Å²) >= 11 is 0. The van der Waals surface area contributed by atoms with E-state index in [-0.39, 0.29) is 17.2 Å². The molecule has 0 aromatic carbocycles. The Kier molecular flexibility index (Phi) is 5.27. The van der Waals surface area contributed by atoms with E-state index in [1.165, 1.54) is 11.6 Å². The quantitative estimate of drug-likeness (QED) is 0.693. The van der Waals surface area contributed by atoms with Gasteiger partial charge in [0.05, 0.1) is 17.1 Å². The largest absolute Gasteiger partial charge is 0.352 e. The van der Waals surface area contributed by atoms with Crippen molar-refractivity contribution in [1.82, 2.24) is 29.2 Å². The number of carbonyl (C=O) groups is 1. The number of aromatic nitrogens is 5. The van der Waals surface area contributed by atoms with Crippen LogP contribution in [0, 0.1) is 5.92 Å². The number of amides is 1. The van der Waals surface area contributed by atoms with Crippen molar-refractivity contribution in [2.45, 2.75) is 31.6 Å². The zero-order valence-electron chi connectivity index (χ0n) is 17.5. The van der Waals surface area contributed by atoms with Crippen LogP contribution in [0.2, 0.25) is 0 Å². The van der Waals surface area contributed by atoms with Gasteiger partial charge >= 0.3 is 5.69 Å². The number of nitrogens with one attached hydrogen (secondary N) is 1. The number of hydrogen-bond acceptors (Lipinski definition) is 5. The average Bonchev–Trinajstić information content (AvgIpc) is 3.21. The Balaban J connectivity index is 1.41. The summed E-state index contributed by atoms with van der Waals surface area (Å²) in [6.07, 6.45) is 7.19. The molecule has 0 aliphatic heterocycles. The van der Waals surface area contributed by atoms with E-state index in [0.717, 1.165) is 35.9 Å². The molecule has 3 heterocycles. The fourth-order valence-electron chi connectivity index (χ4n) is 4.24.